The van der Waals surface area contributed by atoms with Crippen molar-refractivity contribution in [1.29, 1.82) is 0 Å². The minimum absolute atomic E-state index is 0.00185. The molecule has 4 heteroatoms. The van der Waals surface area contributed by atoms with Crippen molar-refractivity contribution in [2.45, 2.75) is 40.7 Å². The first-order valence-corrected chi connectivity index (χ1v) is 6.10. The van der Waals surface area contributed by atoms with E-state index in [1.165, 1.54) is 6.92 Å². The molecule has 1 rings (SSSR count). The summed E-state index contributed by atoms with van der Waals surface area (Å²) in [4.78, 5) is 10.8. The molecule has 4 nitrogen and oxygen atoms in total. The largest absolute Gasteiger partial charge is 0.464 e. The van der Waals surface area contributed by atoms with Gasteiger partial charge < -0.3 is 4.74 Å². The van der Waals surface area contributed by atoms with Gasteiger partial charge in [-0.3, -0.25) is 9.48 Å². The van der Waals surface area contributed by atoms with Crippen molar-refractivity contribution < 1.29 is 9.53 Å². The summed E-state index contributed by atoms with van der Waals surface area (Å²) >= 11 is 0. The molecule has 1 aromatic heterocycles. The zero-order valence-corrected chi connectivity index (χ0v) is 11.9. The number of hydrogen-bond acceptors (Lipinski definition) is 3. The number of allylic oxidation sites excluding steroid dienone is 1. The van der Waals surface area contributed by atoms with Crippen LogP contribution in [0.2, 0.25) is 0 Å². The summed E-state index contributed by atoms with van der Waals surface area (Å²) in [7, 11) is 0. The molecular formula is C14H22N2O2. The molecule has 0 aliphatic heterocycles. The SMILES string of the molecule is C=C(c1ccnn1C(C)COC(C)=O)C(C)(C)C. The van der Waals surface area contributed by atoms with Gasteiger partial charge in [-0.05, 0) is 24.0 Å². The molecule has 18 heavy (non-hydrogen) atoms. The van der Waals surface area contributed by atoms with Gasteiger partial charge in [0.25, 0.3) is 0 Å². The maximum absolute atomic E-state index is 10.8. The van der Waals surface area contributed by atoms with E-state index in [4.69, 9.17) is 4.74 Å². The highest BCUT2D eigenvalue weighted by atomic mass is 16.5. The lowest BCUT2D eigenvalue weighted by atomic mass is 9.85. The third-order valence-electron chi connectivity index (χ3n) is 2.83. The van der Waals surface area contributed by atoms with Crippen LogP contribution >= 0.6 is 0 Å². The van der Waals surface area contributed by atoms with E-state index >= 15 is 0 Å². The lowest BCUT2D eigenvalue weighted by Gasteiger charge is -2.24. The molecule has 1 aromatic rings. The van der Waals surface area contributed by atoms with Crippen LogP contribution in [0.15, 0.2) is 18.8 Å². The van der Waals surface area contributed by atoms with Crippen molar-refractivity contribution in [3.63, 3.8) is 0 Å². The number of hydrogen-bond donors (Lipinski definition) is 0. The fraction of sp³-hybridized carbons (Fsp3) is 0.571. The zero-order valence-electron chi connectivity index (χ0n) is 11.9. The van der Waals surface area contributed by atoms with E-state index in [2.05, 4.69) is 32.4 Å². The molecular weight excluding hydrogens is 228 g/mol. The topological polar surface area (TPSA) is 44.1 Å². The molecule has 100 valence electrons. The molecule has 0 saturated heterocycles. The molecule has 0 amide bonds. The Labute approximate surface area is 109 Å². The molecule has 0 saturated carbocycles. The number of ether oxygens (including phenoxy) is 1. The van der Waals surface area contributed by atoms with E-state index in [-0.39, 0.29) is 17.4 Å². The van der Waals surface area contributed by atoms with E-state index in [1.54, 1.807) is 6.20 Å². The highest BCUT2D eigenvalue weighted by Crippen LogP contribution is 2.32. The average Bonchev–Trinajstić information content (AvgIpc) is 2.71. The van der Waals surface area contributed by atoms with Crippen molar-refractivity contribution >= 4 is 11.5 Å². The maximum atomic E-state index is 10.8. The molecule has 0 aliphatic carbocycles. The Balaban J connectivity index is 2.89. The zero-order chi connectivity index (χ0) is 13.9. The number of aromatic nitrogens is 2. The summed E-state index contributed by atoms with van der Waals surface area (Å²) in [5, 5.41) is 4.29. The van der Waals surface area contributed by atoms with Crippen LogP contribution in [0.25, 0.3) is 5.57 Å². The standard InChI is InChI=1S/C14H22N2O2/c1-10(9-18-12(3)17)16-13(7-8-15-16)11(2)14(4,5)6/h7-8,10H,2,9H2,1,3-6H3. The molecule has 0 N–H and O–H groups in total. The van der Waals surface area contributed by atoms with Crippen molar-refractivity contribution in [2.75, 3.05) is 6.61 Å². The van der Waals surface area contributed by atoms with E-state index < -0.39 is 0 Å². The predicted molar refractivity (Wildman–Crippen MR) is 72.1 cm³/mol. The quantitative estimate of drug-likeness (QED) is 0.771. The van der Waals surface area contributed by atoms with Crippen LogP contribution in [-0.2, 0) is 9.53 Å². The molecule has 1 heterocycles. The van der Waals surface area contributed by atoms with Crippen LogP contribution in [0.3, 0.4) is 0 Å². The Morgan fingerprint density at radius 1 is 1.56 bits per heavy atom. The molecule has 1 atom stereocenters. The van der Waals surface area contributed by atoms with Crippen molar-refractivity contribution in [1.82, 2.24) is 9.78 Å². The molecule has 0 aromatic carbocycles. The third-order valence-corrected chi connectivity index (χ3v) is 2.83. The predicted octanol–water partition coefficient (Wildman–Crippen LogP) is 3.07. The highest BCUT2D eigenvalue weighted by molar-refractivity contribution is 5.66. The van der Waals surface area contributed by atoms with Crippen LogP contribution in [0.5, 0.6) is 0 Å². The van der Waals surface area contributed by atoms with Gasteiger partial charge in [0.2, 0.25) is 0 Å². The van der Waals surface area contributed by atoms with Gasteiger partial charge in [0.1, 0.15) is 6.61 Å². The van der Waals surface area contributed by atoms with Crippen LogP contribution in [0.1, 0.15) is 46.4 Å². The number of carbonyl (C=O) groups is 1. The molecule has 1 unspecified atom stereocenters. The first-order valence-electron chi connectivity index (χ1n) is 6.10. The van der Waals surface area contributed by atoms with Crippen LogP contribution < -0.4 is 0 Å². The normalized spacial score (nSPS) is 13.2. The summed E-state index contributed by atoms with van der Waals surface area (Å²) in [5.41, 5.74) is 2.00. The molecule has 0 radical (unpaired) electrons. The summed E-state index contributed by atoms with van der Waals surface area (Å²) in [6.45, 7) is 14.2. The van der Waals surface area contributed by atoms with Gasteiger partial charge in [-0.15, -0.1) is 0 Å². The van der Waals surface area contributed by atoms with Crippen molar-refractivity contribution in [3.05, 3.63) is 24.5 Å². The van der Waals surface area contributed by atoms with E-state index in [0.29, 0.717) is 6.61 Å². The number of nitrogens with zero attached hydrogens (tertiary/aromatic N) is 2. The molecule has 0 spiro atoms. The van der Waals surface area contributed by atoms with Gasteiger partial charge in [-0.25, -0.2) is 0 Å². The van der Waals surface area contributed by atoms with Crippen LogP contribution in [0, 0.1) is 5.41 Å². The monoisotopic (exact) mass is 250 g/mol. The van der Waals surface area contributed by atoms with Gasteiger partial charge in [0.15, 0.2) is 0 Å². The molecule has 0 fully saturated rings. The lowest BCUT2D eigenvalue weighted by Crippen LogP contribution is -2.19. The van der Waals surface area contributed by atoms with Crippen LogP contribution in [-0.4, -0.2) is 22.4 Å². The lowest BCUT2D eigenvalue weighted by molar-refractivity contribution is -0.142. The first-order chi connectivity index (χ1) is 8.23. The van der Waals surface area contributed by atoms with Crippen LogP contribution in [0.4, 0.5) is 0 Å². The van der Waals surface area contributed by atoms with Crippen molar-refractivity contribution in [3.8, 4) is 0 Å². The minimum Gasteiger partial charge on any atom is -0.464 e. The minimum atomic E-state index is -0.273. The van der Waals surface area contributed by atoms with E-state index in [0.717, 1.165) is 11.3 Å². The van der Waals surface area contributed by atoms with Crippen molar-refractivity contribution in [2.24, 2.45) is 5.41 Å². The Morgan fingerprint density at radius 2 is 2.17 bits per heavy atom. The smallest absolute Gasteiger partial charge is 0.302 e. The number of rotatable bonds is 4. The van der Waals surface area contributed by atoms with Gasteiger partial charge >= 0.3 is 5.97 Å². The Hall–Kier alpha value is -1.58. The second-order valence-corrected chi connectivity index (χ2v) is 5.54. The fourth-order valence-corrected chi connectivity index (χ4v) is 1.60. The van der Waals surface area contributed by atoms with Gasteiger partial charge in [-0.2, -0.15) is 5.10 Å². The highest BCUT2D eigenvalue weighted by Gasteiger charge is 2.21. The van der Waals surface area contributed by atoms with E-state index in [9.17, 15) is 4.79 Å². The summed E-state index contributed by atoms with van der Waals surface area (Å²) in [6, 6.07) is 1.94. The average molecular weight is 250 g/mol. The first kappa shape index (κ1) is 14.5. The third kappa shape index (κ3) is 3.45. The second-order valence-electron chi connectivity index (χ2n) is 5.54. The Morgan fingerprint density at radius 3 is 2.67 bits per heavy atom. The summed E-state index contributed by atoms with van der Waals surface area (Å²) < 4.78 is 6.88. The Kier molecular flexibility index (Phi) is 4.33. The Bertz CT molecular complexity index is 441. The number of esters is 1. The summed E-state index contributed by atoms with van der Waals surface area (Å²) in [5.74, 6) is -0.273. The molecule has 0 aliphatic rings. The second kappa shape index (κ2) is 5.38. The summed E-state index contributed by atoms with van der Waals surface area (Å²) in [6.07, 6.45) is 1.75. The van der Waals surface area contributed by atoms with Gasteiger partial charge in [-0.1, -0.05) is 27.4 Å². The van der Waals surface area contributed by atoms with Gasteiger partial charge in [0, 0.05) is 13.1 Å². The molecule has 0 bridgehead atoms. The fourth-order valence-electron chi connectivity index (χ4n) is 1.60. The maximum Gasteiger partial charge on any atom is 0.302 e. The number of carbonyl (C=O) groups excluding carboxylic acids is 1. The van der Waals surface area contributed by atoms with Gasteiger partial charge in [0.05, 0.1) is 11.7 Å². The van der Waals surface area contributed by atoms with E-state index in [1.807, 2.05) is 17.7 Å².